The summed E-state index contributed by atoms with van der Waals surface area (Å²) < 4.78 is 35.2. The number of esters is 1. The zero-order valence-corrected chi connectivity index (χ0v) is 19.8. The summed E-state index contributed by atoms with van der Waals surface area (Å²) in [5, 5.41) is 2.76. The van der Waals surface area contributed by atoms with Gasteiger partial charge in [-0.15, -0.1) is 0 Å². The molecule has 0 radical (unpaired) electrons. The minimum absolute atomic E-state index is 0.0812. The maximum Gasteiger partial charge on any atom is 0.334 e. The van der Waals surface area contributed by atoms with Crippen molar-refractivity contribution in [2.24, 2.45) is 0 Å². The Morgan fingerprint density at radius 2 is 1.77 bits per heavy atom. The van der Waals surface area contributed by atoms with E-state index < -0.39 is 36.7 Å². The summed E-state index contributed by atoms with van der Waals surface area (Å²) in [6.07, 6.45) is -3.82. The second-order valence-electron chi connectivity index (χ2n) is 8.21. The van der Waals surface area contributed by atoms with Crippen LogP contribution in [0.4, 0.5) is 0 Å². The third-order valence-electron chi connectivity index (χ3n) is 5.60. The van der Waals surface area contributed by atoms with E-state index in [-0.39, 0.29) is 30.8 Å². The van der Waals surface area contributed by atoms with Gasteiger partial charge in [0.25, 0.3) is 0 Å². The summed E-state index contributed by atoms with van der Waals surface area (Å²) >= 11 is 0. The van der Waals surface area contributed by atoms with Gasteiger partial charge in [-0.2, -0.15) is 0 Å². The molecule has 35 heavy (non-hydrogen) atoms. The largest absolute Gasteiger partial charge is 0.467 e. The first-order chi connectivity index (χ1) is 17.0. The molecule has 2 heterocycles. The maximum absolute atomic E-state index is 12.2. The predicted molar refractivity (Wildman–Crippen MR) is 123 cm³/mol. The highest BCUT2D eigenvalue weighted by Crippen LogP contribution is 2.37. The second-order valence-corrected chi connectivity index (χ2v) is 8.21. The number of rotatable bonds is 8. The summed E-state index contributed by atoms with van der Waals surface area (Å²) in [6.45, 7) is 3.32. The highest BCUT2D eigenvalue weighted by Gasteiger charge is 2.48. The number of carbonyl (C=O) groups is 2. The zero-order chi connectivity index (χ0) is 24.8. The van der Waals surface area contributed by atoms with E-state index in [9.17, 15) is 9.59 Å². The van der Waals surface area contributed by atoms with Gasteiger partial charge in [0.1, 0.15) is 24.5 Å². The molecule has 2 aliphatic heterocycles. The van der Waals surface area contributed by atoms with E-state index in [1.54, 1.807) is 6.92 Å². The first-order valence-electron chi connectivity index (χ1n) is 11.4. The van der Waals surface area contributed by atoms with Crippen LogP contribution in [0.1, 0.15) is 31.3 Å². The van der Waals surface area contributed by atoms with Crippen molar-refractivity contribution >= 4 is 11.9 Å². The van der Waals surface area contributed by atoms with Crippen LogP contribution >= 0.6 is 0 Å². The fourth-order valence-electron chi connectivity index (χ4n) is 3.91. The monoisotopic (exact) mass is 483 g/mol. The Morgan fingerprint density at radius 1 is 1.09 bits per heavy atom. The molecule has 1 saturated heterocycles. The summed E-state index contributed by atoms with van der Waals surface area (Å²) in [4.78, 5) is 24.3. The summed E-state index contributed by atoms with van der Waals surface area (Å²) in [5.74, 6) is -0.833. The van der Waals surface area contributed by atoms with E-state index in [1.165, 1.54) is 14.0 Å². The van der Waals surface area contributed by atoms with Crippen LogP contribution in [0.2, 0.25) is 0 Å². The normalized spacial score (nSPS) is 24.5. The number of hydrogen-bond acceptors (Lipinski definition) is 8. The van der Waals surface area contributed by atoms with Crippen molar-refractivity contribution in [3.05, 3.63) is 83.4 Å². The average Bonchev–Trinajstić information content (AvgIpc) is 2.89. The molecule has 0 spiro atoms. The van der Waals surface area contributed by atoms with E-state index >= 15 is 0 Å². The topological polar surface area (TPSA) is 102 Å². The van der Waals surface area contributed by atoms with Gasteiger partial charge in [-0.05, 0) is 12.5 Å². The molecule has 3 unspecified atom stereocenters. The van der Waals surface area contributed by atoms with E-state index in [4.69, 9.17) is 28.4 Å². The minimum atomic E-state index is -0.940. The quantitative estimate of drug-likeness (QED) is 0.572. The van der Waals surface area contributed by atoms with Crippen LogP contribution in [-0.2, 0) is 44.6 Å². The van der Waals surface area contributed by atoms with Crippen LogP contribution in [0, 0.1) is 0 Å². The van der Waals surface area contributed by atoms with E-state index in [0.29, 0.717) is 0 Å². The molecule has 0 aromatic heterocycles. The molecule has 0 bridgehead atoms. The number of methoxy groups -OCH3 is 1. The predicted octanol–water partition coefficient (Wildman–Crippen LogP) is 2.97. The Balaban J connectivity index is 1.66. The van der Waals surface area contributed by atoms with E-state index in [1.807, 2.05) is 60.7 Å². The van der Waals surface area contributed by atoms with Gasteiger partial charge in [0.2, 0.25) is 5.91 Å². The fraction of sp³-hybridized carbons (Fsp3) is 0.385. The SMILES string of the molecule is COC(=O)C(C)O[C@H]1C(NC(C)=O)=C(OCc2ccccc2)OC2COC(c3ccccc3)O[C@H]21. The van der Waals surface area contributed by atoms with E-state index in [2.05, 4.69) is 5.32 Å². The van der Waals surface area contributed by atoms with Crippen molar-refractivity contribution < 1.29 is 38.0 Å². The van der Waals surface area contributed by atoms with Gasteiger partial charge < -0.3 is 33.7 Å². The highest BCUT2D eigenvalue weighted by atomic mass is 16.7. The Kier molecular flexibility index (Phi) is 8.02. The molecule has 2 aromatic carbocycles. The molecule has 1 amide bonds. The lowest BCUT2D eigenvalue weighted by atomic mass is 10.0. The highest BCUT2D eigenvalue weighted by molar-refractivity contribution is 5.75. The Hall–Kier alpha value is -3.40. The second kappa shape index (κ2) is 11.4. The number of fused-ring (bicyclic) bond motifs is 1. The van der Waals surface area contributed by atoms with Crippen molar-refractivity contribution in [1.82, 2.24) is 5.32 Å². The van der Waals surface area contributed by atoms with Gasteiger partial charge in [-0.25, -0.2) is 4.79 Å². The average molecular weight is 484 g/mol. The maximum atomic E-state index is 12.2. The van der Waals surface area contributed by atoms with Gasteiger partial charge >= 0.3 is 11.9 Å². The standard InChI is InChI=1S/C26H29NO8/c1-16(24(29)30-3)33-23-21(27-17(2)28)26(31-14-18-10-6-4-7-11-18)34-20-15-32-25(35-22(20)23)19-12-8-5-9-13-19/h4-13,16,20,22-23,25H,14-15H2,1-3H3,(H,27,28)/t16?,20?,22-,23+,25?/m1/s1. The molecule has 9 nitrogen and oxygen atoms in total. The molecule has 0 saturated carbocycles. The van der Waals surface area contributed by atoms with Gasteiger partial charge in [0.15, 0.2) is 18.5 Å². The van der Waals surface area contributed by atoms with Crippen LogP contribution < -0.4 is 5.32 Å². The lowest BCUT2D eigenvalue weighted by Gasteiger charge is -2.44. The molecule has 1 fully saturated rings. The zero-order valence-electron chi connectivity index (χ0n) is 19.8. The smallest absolute Gasteiger partial charge is 0.334 e. The fourth-order valence-corrected chi connectivity index (χ4v) is 3.91. The van der Waals surface area contributed by atoms with Gasteiger partial charge in [-0.3, -0.25) is 4.79 Å². The van der Waals surface area contributed by atoms with Crippen LogP contribution in [0.25, 0.3) is 0 Å². The third kappa shape index (κ3) is 6.00. The number of ether oxygens (including phenoxy) is 6. The van der Waals surface area contributed by atoms with Crippen LogP contribution in [0.15, 0.2) is 72.3 Å². The first-order valence-corrected chi connectivity index (χ1v) is 11.4. The van der Waals surface area contributed by atoms with Gasteiger partial charge in [0.05, 0.1) is 13.7 Å². The minimum Gasteiger partial charge on any atom is -0.467 e. The molecule has 1 N–H and O–H groups in total. The molecular formula is C26H29NO8. The summed E-state index contributed by atoms with van der Waals surface area (Å²) in [7, 11) is 1.28. The molecular weight excluding hydrogens is 454 g/mol. The van der Waals surface area contributed by atoms with Crippen molar-refractivity contribution in [3.8, 4) is 0 Å². The number of hydrogen-bond donors (Lipinski definition) is 1. The molecule has 2 aliphatic rings. The number of carbonyl (C=O) groups excluding carboxylic acids is 2. The molecule has 4 rings (SSSR count). The molecule has 2 aromatic rings. The molecule has 9 heteroatoms. The van der Waals surface area contributed by atoms with Crippen LogP contribution in [0.5, 0.6) is 0 Å². The number of nitrogens with one attached hydrogen (secondary N) is 1. The van der Waals surface area contributed by atoms with Gasteiger partial charge in [-0.1, -0.05) is 60.7 Å². The Labute approximate surface area is 203 Å². The lowest BCUT2D eigenvalue weighted by molar-refractivity contribution is -0.296. The summed E-state index contributed by atoms with van der Waals surface area (Å²) in [6, 6.07) is 19.0. The van der Waals surface area contributed by atoms with Crippen LogP contribution in [0.3, 0.4) is 0 Å². The number of amides is 1. The number of benzene rings is 2. The lowest BCUT2D eigenvalue weighted by Crippen LogP contribution is -2.56. The third-order valence-corrected chi connectivity index (χ3v) is 5.60. The van der Waals surface area contributed by atoms with Crippen molar-refractivity contribution in [3.63, 3.8) is 0 Å². The van der Waals surface area contributed by atoms with Crippen molar-refractivity contribution in [1.29, 1.82) is 0 Å². The van der Waals surface area contributed by atoms with Crippen molar-refractivity contribution in [2.45, 2.75) is 51.2 Å². The molecule has 186 valence electrons. The van der Waals surface area contributed by atoms with Crippen LogP contribution in [-0.4, -0.2) is 50.0 Å². The first kappa shape index (κ1) is 24.7. The molecule has 0 aliphatic carbocycles. The van der Waals surface area contributed by atoms with E-state index in [0.717, 1.165) is 11.1 Å². The summed E-state index contributed by atoms with van der Waals surface area (Å²) in [5.41, 5.74) is 1.97. The molecule has 5 atom stereocenters. The Morgan fingerprint density at radius 3 is 2.43 bits per heavy atom. The Bertz CT molecular complexity index is 1040. The van der Waals surface area contributed by atoms with Crippen molar-refractivity contribution in [2.75, 3.05) is 13.7 Å². The van der Waals surface area contributed by atoms with Gasteiger partial charge in [0, 0.05) is 12.5 Å².